The van der Waals surface area contributed by atoms with Crippen molar-refractivity contribution in [3.05, 3.63) is 12.3 Å². The van der Waals surface area contributed by atoms with Crippen LogP contribution < -0.4 is 5.32 Å². The van der Waals surface area contributed by atoms with Crippen LogP contribution in [0.3, 0.4) is 0 Å². The molecule has 0 spiro atoms. The van der Waals surface area contributed by atoms with Gasteiger partial charge in [0.05, 0.1) is 12.7 Å². The number of allylic oxidation sites excluding steroid dienone is 1. The molecule has 4 N–H and O–H groups in total. The predicted octanol–water partition coefficient (Wildman–Crippen LogP) is 8.29. The van der Waals surface area contributed by atoms with Gasteiger partial charge >= 0.3 is 0 Å². The van der Waals surface area contributed by atoms with Gasteiger partial charge in [-0.15, -0.1) is 0 Å². The van der Waals surface area contributed by atoms with E-state index in [4.69, 9.17) is 24.9 Å². The highest BCUT2D eigenvalue weighted by Crippen LogP contribution is 2.46. The maximum Gasteiger partial charge on any atom is 0.123 e. The number of nitrogens with zero attached hydrogens (tertiary/aromatic N) is 1. The third-order valence-corrected chi connectivity index (χ3v) is 13.2. The van der Waals surface area contributed by atoms with Crippen molar-refractivity contribution in [3.63, 3.8) is 0 Å². The van der Waals surface area contributed by atoms with Crippen LogP contribution in [-0.2, 0) is 14.4 Å². The van der Waals surface area contributed by atoms with Gasteiger partial charge in [-0.2, -0.15) is 5.06 Å². The van der Waals surface area contributed by atoms with Crippen molar-refractivity contribution in [3.8, 4) is 0 Å². The number of hydroxylamine groups is 2. The number of aliphatic hydroxyl groups excluding tert-OH is 3. The third kappa shape index (κ3) is 16.1. The van der Waals surface area contributed by atoms with E-state index in [1.54, 1.807) is 0 Å². The van der Waals surface area contributed by atoms with E-state index in [-0.39, 0.29) is 12.0 Å². The molecular weight excluding hydrogens is 640 g/mol. The quantitative estimate of drug-likeness (QED) is 0.158. The minimum atomic E-state index is 0.153. The number of carbonyl (C=O) groups is 1. The number of ether oxygens (including phenoxy) is 1. The van der Waals surface area contributed by atoms with Crippen molar-refractivity contribution in [2.24, 2.45) is 58.7 Å². The fourth-order valence-electron chi connectivity index (χ4n) is 9.94. The minimum absolute atomic E-state index is 0.153. The van der Waals surface area contributed by atoms with Crippen molar-refractivity contribution < 1.29 is 29.7 Å². The van der Waals surface area contributed by atoms with E-state index in [2.05, 4.69) is 51.6 Å². The zero-order valence-electron chi connectivity index (χ0n) is 34.7. The Balaban J connectivity index is 0.000000683. The second-order valence-corrected chi connectivity index (χ2v) is 17.1. The van der Waals surface area contributed by atoms with E-state index in [9.17, 15) is 4.79 Å². The van der Waals surface area contributed by atoms with Gasteiger partial charge in [-0.25, -0.2) is 0 Å². The van der Waals surface area contributed by atoms with E-state index in [1.807, 2.05) is 7.11 Å². The van der Waals surface area contributed by atoms with Crippen molar-refractivity contribution >= 4 is 6.29 Å². The monoisotopic (exact) mass is 725 g/mol. The molecule has 302 valence electrons. The summed E-state index contributed by atoms with van der Waals surface area (Å²) in [5.41, 5.74) is 1.78. The largest absolute Gasteiger partial charge is 0.400 e. The van der Waals surface area contributed by atoms with Crippen LogP contribution in [0.25, 0.3) is 0 Å². The Kier molecular flexibility index (Phi) is 25.1. The molecule has 4 saturated carbocycles. The lowest BCUT2D eigenvalue weighted by Crippen LogP contribution is -2.45. The summed E-state index contributed by atoms with van der Waals surface area (Å²) in [6, 6.07) is 0. The highest BCUT2D eigenvalue weighted by Gasteiger charge is 2.43. The molecule has 9 atom stereocenters. The zero-order chi connectivity index (χ0) is 38.4. The predicted molar refractivity (Wildman–Crippen MR) is 212 cm³/mol. The van der Waals surface area contributed by atoms with Crippen LogP contribution in [0.1, 0.15) is 137 Å². The van der Waals surface area contributed by atoms with Gasteiger partial charge in [0.1, 0.15) is 6.29 Å². The van der Waals surface area contributed by atoms with Crippen LogP contribution >= 0.6 is 0 Å². The highest BCUT2D eigenvalue weighted by atomic mass is 16.7. The second-order valence-electron chi connectivity index (χ2n) is 17.1. The first-order chi connectivity index (χ1) is 24.6. The van der Waals surface area contributed by atoms with Gasteiger partial charge in [0.15, 0.2) is 0 Å². The van der Waals surface area contributed by atoms with Crippen LogP contribution in [0, 0.1) is 58.7 Å². The van der Waals surface area contributed by atoms with Crippen LogP contribution in [0.5, 0.6) is 0 Å². The van der Waals surface area contributed by atoms with Gasteiger partial charge < -0.3 is 30.2 Å². The average molecular weight is 725 g/mol. The topological polar surface area (TPSA) is 111 Å². The molecule has 9 unspecified atom stereocenters. The maximum absolute atomic E-state index is 12.0. The Bertz CT molecular complexity index is 896. The van der Waals surface area contributed by atoms with E-state index in [0.717, 1.165) is 84.6 Å². The molecule has 0 aromatic rings. The summed E-state index contributed by atoms with van der Waals surface area (Å²) >= 11 is 0. The van der Waals surface area contributed by atoms with Crippen LogP contribution in [0.4, 0.5) is 0 Å². The summed E-state index contributed by atoms with van der Waals surface area (Å²) in [5, 5.41) is 26.9. The summed E-state index contributed by atoms with van der Waals surface area (Å²) in [5.74, 6) is 5.59. The number of rotatable bonds is 11. The highest BCUT2D eigenvalue weighted by molar-refractivity contribution is 5.54. The van der Waals surface area contributed by atoms with E-state index in [0.29, 0.717) is 35.0 Å². The molecule has 51 heavy (non-hydrogen) atoms. The van der Waals surface area contributed by atoms with Gasteiger partial charge in [0.2, 0.25) is 0 Å². The third-order valence-electron chi connectivity index (χ3n) is 13.2. The molecular formula is C43H84N2O6. The molecule has 1 heterocycles. The molecule has 0 amide bonds. The molecule has 0 bridgehead atoms. The van der Waals surface area contributed by atoms with Crippen molar-refractivity contribution in [2.45, 2.75) is 143 Å². The van der Waals surface area contributed by atoms with Crippen LogP contribution in [0.15, 0.2) is 12.3 Å². The number of carbonyl (C=O) groups excluding carboxylic acids is 1. The standard InChI is InChI=1S/C30H52N2O3.C10H20.3CH4O/c1-4-23-18-32(35-21-23)19-26-11-8-12-29(30(26)34-3)28-16-25(20-33)15-27(17-28)22(2)31-14-13-24-9-6-5-7-10-24;1-8-5-6-9(2)10(3,4)7-8;3*1-2/h20,23-31H,2,4-19,21H2,1,3H3;8-9H,5-7H2,1-4H3;3*2H,1H3. The van der Waals surface area contributed by atoms with Gasteiger partial charge in [-0.05, 0) is 105 Å². The van der Waals surface area contributed by atoms with Crippen LogP contribution in [0.2, 0.25) is 0 Å². The maximum atomic E-state index is 12.0. The Morgan fingerprint density at radius 3 is 2.18 bits per heavy atom. The molecule has 5 aliphatic rings. The Morgan fingerprint density at radius 2 is 1.61 bits per heavy atom. The number of hydrogen-bond donors (Lipinski definition) is 4. The first kappa shape index (κ1) is 48.0. The molecule has 8 nitrogen and oxygen atoms in total. The molecule has 8 heteroatoms. The number of aldehydes is 1. The molecule has 5 rings (SSSR count). The summed E-state index contributed by atoms with van der Waals surface area (Å²) in [6.07, 6.45) is 22.1. The van der Waals surface area contributed by atoms with Crippen molar-refractivity contribution in [2.75, 3.05) is 54.7 Å². The molecule has 0 aromatic carbocycles. The molecule has 0 aromatic heterocycles. The fourth-order valence-corrected chi connectivity index (χ4v) is 9.94. The smallest absolute Gasteiger partial charge is 0.123 e. The molecule has 1 aliphatic heterocycles. The Hall–Kier alpha value is -1.03. The van der Waals surface area contributed by atoms with E-state index >= 15 is 0 Å². The summed E-state index contributed by atoms with van der Waals surface area (Å²) in [6.45, 7) is 20.3. The summed E-state index contributed by atoms with van der Waals surface area (Å²) in [4.78, 5) is 18.0. The fraction of sp³-hybridized carbons (Fsp3) is 0.930. The van der Waals surface area contributed by atoms with E-state index < -0.39 is 0 Å². The van der Waals surface area contributed by atoms with Gasteiger partial charge in [0.25, 0.3) is 0 Å². The Morgan fingerprint density at radius 1 is 0.922 bits per heavy atom. The normalized spacial score (nSPS) is 33.7. The SMILES string of the molecule is C=C(NCCC1CCCCC1)C1CC(C=O)CC(C2CCCC(CN3CC(CC)CO3)C2OC)C1.CC1CCC(C)C(C)(C)C1.CO.CO.CO. The van der Waals surface area contributed by atoms with E-state index in [1.165, 1.54) is 95.5 Å². The minimum Gasteiger partial charge on any atom is -0.400 e. The summed E-state index contributed by atoms with van der Waals surface area (Å²) < 4.78 is 6.22. The first-order valence-corrected chi connectivity index (χ1v) is 20.8. The lowest BCUT2D eigenvalue weighted by atomic mass is 9.64. The molecule has 4 aliphatic carbocycles. The van der Waals surface area contributed by atoms with Crippen molar-refractivity contribution in [1.82, 2.24) is 10.4 Å². The summed E-state index contributed by atoms with van der Waals surface area (Å²) in [7, 11) is 4.90. The second kappa shape index (κ2) is 26.7. The number of hydrogen-bond acceptors (Lipinski definition) is 8. The Labute approximate surface area is 314 Å². The van der Waals surface area contributed by atoms with Gasteiger partial charge in [-0.1, -0.05) is 86.1 Å². The molecule has 1 saturated heterocycles. The van der Waals surface area contributed by atoms with Gasteiger partial charge in [0, 0.05) is 65.6 Å². The van der Waals surface area contributed by atoms with Crippen LogP contribution in [-0.4, -0.2) is 87.5 Å². The number of methoxy groups -OCH3 is 1. The molecule has 0 radical (unpaired) electrons. The molecule has 5 fully saturated rings. The first-order valence-electron chi connectivity index (χ1n) is 20.8. The lowest BCUT2D eigenvalue weighted by molar-refractivity contribution is -0.144. The number of aliphatic hydroxyl groups is 3. The lowest BCUT2D eigenvalue weighted by Gasteiger charge is -2.45. The average Bonchev–Trinajstić information content (AvgIpc) is 3.63. The zero-order valence-corrected chi connectivity index (χ0v) is 34.7. The van der Waals surface area contributed by atoms with Crippen molar-refractivity contribution in [1.29, 1.82) is 0 Å². The van der Waals surface area contributed by atoms with Gasteiger partial charge in [-0.3, -0.25) is 4.84 Å². The number of nitrogens with one attached hydrogen (secondary N) is 1.